The normalized spacial score (nSPS) is 12.4. The monoisotopic (exact) mass is 437 g/mol. The lowest BCUT2D eigenvalue weighted by molar-refractivity contribution is 0.557. The highest BCUT2D eigenvalue weighted by atomic mass is 19.1. The van der Waals surface area contributed by atoms with Gasteiger partial charge in [0, 0.05) is 0 Å². The molecule has 32 heavy (non-hydrogen) atoms. The van der Waals surface area contributed by atoms with Crippen LogP contribution in [0.3, 0.4) is 0 Å². The molecular weight excluding hydrogens is 423 g/mol. The molecule has 0 fully saturated rings. The molecule has 160 valence electrons. The van der Waals surface area contributed by atoms with Gasteiger partial charge in [-0.15, -0.1) is 0 Å². The Kier molecular flexibility index (Phi) is 4.58. The Balaban J connectivity index is 1.76. The number of nitrogens with one attached hydrogen (secondary N) is 2. The van der Waals surface area contributed by atoms with E-state index in [0.717, 1.165) is 22.8 Å². The summed E-state index contributed by atoms with van der Waals surface area (Å²) in [5, 5.41) is 2.69. The molecule has 0 bridgehead atoms. The standard InChI is InChI=1S/C21H14F3N7O/c1-10(29-19-16-18(26-8-25-16)27-9-28-19)20-30-14-7-3-4-11(22)15(14)21(32)31(20)17-12(23)5-2-6-13(17)24/h2-10H,1H3,(H2,25,26,27,28,29)/t10-/m0/s1. The molecule has 0 saturated heterocycles. The average molecular weight is 437 g/mol. The first-order valence-electron chi connectivity index (χ1n) is 9.52. The Hall–Kier alpha value is -4.28. The molecule has 0 aliphatic heterocycles. The molecule has 0 saturated carbocycles. The van der Waals surface area contributed by atoms with Gasteiger partial charge in [-0.3, -0.25) is 9.36 Å². The molecule has 2 N–H and O–H groups in total. The second-order valence-corrected chi connectivity index (χ2v) is 7.00. The third kappa shape index (κ3) is 3.06. The van der Waals surface area contributed by atoms with Crippen molar-refractivity contribution in [2.45, 2.75) is 13.0 Å². The summed E-state index contributed by atoms with van der Waals surface area (Å²) in [7, 11) is 0. The van der Waals surface area contributed by atoms with Crippen LogP contribution in [0.4, 0.5) is 19.0 Å². The van der Waals surface area contributed by atoms with E-state index in [1.807, 2.05) is 0 Å². The van der Waals surface area contributed by atoms with Gasteiger partial charge in [0.25, 0.3) is 5.56 Å². The summed E-state index contributed by atoms with van der Waals surface area (Å²) in [4.78, 5) is 32.8. The van der Waals surface area contributed by atoms with E-state index in [9.17, 15) is 18.0 Å². The van der Waals surface area contributed by atoms with Crippen molar-refractivity contribution in [2.24, 2.45) is 0 Å². The van der Waals surface area contributed by atoms with Gasteiger partial charge in [0.2, 0.25) is 0 Å². The fourth-order valence-electron chi connectivity index (χ4n) is 3.56. The summed E-state index contributed by atoms with van der Waals surface area (Å²) >= 11 is 0. The first-order valence-corrected chi connectivity index (χ1v) is 9.52. The van der Waals surface area contributed by atoms with E-state index in [4.69, 9.17) is 0 Å². The highest BCUT2D eigenvalue weighted by Gasteiger charge is 2.24. The van der Waals surface area contributed by atoms with Crippen LogP contribution in [-0.2, 0) is 0 Å². The fraction of sp³-hybridized carbons (Fsp3) is 0.0952. The molecular formula is C21H14F3N7O. The summed E-state index contributed by atoms with van der Waals surface area (Å²) in [5.74, 6) is -2.52. The molecule has 0 amide bonds. The van der Waals surface area contributed by atoms with Gasteiger partial charge in [-0.1, -0.05) is 12.1 Å². The number of fused-ring (bicyclic) bond motifs is 2. The van der Waals surface area contributed by atoms with Crippen molar-refractivity contribution >= 4 is 27.9 Å². The smallest absolute Gasteiger partial charge is 0.269 e. The highest BCUT2D eigenvalue weighted by Crippen LogP contribution is 2.26. The number of imidazole rings is 1. The number of halogens is 3. The molecule has 0 spiro atoms. The van der Waals surface area contributed by atoms with Crippen LogP contribution in [0.1, 0.15) is 18.8 Å². The van der Waals surface area contributed by atoms with E-state index in [-0.39, 0.29) is 16.7 Å². The summed E-state index contributed by atoms with van der Waals surface area (Å²) < 4.78 is 44.6. The number of aromatic nitrogens is 6. The third-order valence-corrected chi connectivity index (χ3v) is 5.00. The zero-order chi connectivity index (χ0) is 22.4. The second kappa shape index (κ2) is 7.45. The molecule has 0 radical (unpaired) electrons. The SMILES string of the molecule is C[C@H](Nc1ncnc2nc[nH]c12)c1nc2cccc(F)c2c(=O)n1-c1c(F)cccc1F. The molecule has 5 aromatic rings. The van der Waals surface area contributed by atoms with E-state index >= 15 is 0 Å². The van der Waals surface area contributed by atoms with Gasteiger partial charge in [0.1, 0.15) is 46.2 Å². The van der Waals surface area contributed by atoms with Gasteiger partial charge in [0.05, 0.1) is 17.9 Å². The van der Waals surface area contributed by atoms with Crippen LogP contribution >= 0.6 is 0 Å². The highest BCUT2D eigenvalue weighted by molar-refractivity contribution is 5.82. The van der Waals surface area contributed by atoms with Crippen LogP contribution in [0.25, 0.3) is 27.8 Å². The lowest BCUT2D eigenvalue weighted by atomic mass is 10.2. The minimum absolute atomic E-state index is 0.0385. The number of H-pyrrole nitrogens is 1. The lowest BCUT2D eigenvalue weighted by Gasteiger charge is -2.20. The Morgan fingerprint density at radius 1 is 1.00 bits per heavy atom. The van der Waals surface area contributed by atoms with Gasteiger partial charge in [-0.2, -0.15) is 0 Å². The van der Waals surface area contributed by atoms with E-state index in [2.05, 4.69) is 30.2 Å². The number of para-hydroxylation sites is 1. The van der Waals surface area contributed by atoms with Crippen LogP contribution in [0, 0.1) is 17.5 Å². The van der Waals surface area contributed by atoms with E-state index < -0.39 is 34.7 Å². The molecule has 0 aliphatic carbocycles. The summed E-state index contributed by atoms with van der Waals surface area (Å²) in [6, 6.07) is 6.36. The van der Waals surface area contributed by atoms with E-state index in [1.165, 1.54) is 30.9 Å². The van der Waals surface area contributed by atoms with Crippen LogP contribution in [0.5, 0.6) is 0 Å². The third-order valence-electron chi connectivity index (χ3n) is 5.00. The van der Waals surface area contributed by atoms with Crippen LogP contribution in [0.2, 0.25) is 0 Å². The number of rotatable bonds is 4. The summed E-state index contributed by atoms with van der Waals surface area (Å²) in [6.45, 7) is 1.63. The Labute approximate surface area is 177 Å². The predicted octanol–water partition coefficient (Wildman–Crippen LogP) is 3.64. The molecule has 3 aromatic heterocycles. The molecule has 2 aromatic carbocycles. The van der Waals surface area contributed by atoms with Crippen molar-refractivity contribution < 1.29 is 13.2 Å². The summed E-state index contributed by atoms with van der Waals surface area (Å²) in [5.41, 5.74) is -0.623. The number of anilines is 1. The predicted molar refractivity (Wildman–Crippen MR) is 111 cm³/mol. The Morgan fingerprint density at radius 2 is 1.72 bits per heavy atom. The van der Waals surface area contributed by atoms with Gasteiger partial charge in [-0.25, -0.2) is 33.1 Å². The van der Waals surface area contributed by atoms with Crippen LogP contribution in [-0.4, -0.2) is 29.5 Å². The van der Waals surface area contributed by atoms with E-state index in [1.54, 1.807) is 6.92 Å². The first-order chi connectivity index (χ1) is 15.5. The van der Waals surface area contributed by atoms with E-state index in [0.29, 0.717) is 17.0 Å². The average Bonchev–Trinajstić information content (AvgIpc) is 3.24. The molecule has 3 heterocycles. The second-order valence-electron chi connectivity index (χ2n) is 7.00. The lowest BCUT2D eigenvalue weighted by Crippen LogP contribution is -2.29. The Bertz CT molecular complexity index is 1530. The Morgan fingerprint density at radius 3 is 2.50 bits per heavy atom. The number of hydrogen-bond donors (Lipinski definition) is 2. The van der Waals surface area contributed by atoms with Crippen molar-refractivity contribution in [2.75, 3.05) is 5.32 Å². The maximum absolute atomic E-state index is 14.7. The van der Waals surface area contributed by atoms with Crippen molar-refractivity contribution in [3.05, 3.63) is 82.7 Å². The maximum atomic E-state index is 14.7. The fourth-order valence-corrected chi connectivity index (χ4v) is 3.56. The minimum atomic E-state index is -0.990. The largest absolute Gasteiger partial charge is 0.358 e. The molecule has 1 atom stereocenters. The molecule has 0 unspecified atom stereocenters. The zero-order valence-electron chi connectivity index (χ0n) is 16.5. The van der Waals surface area contributed by atoms with Crippen molar-refractivity contribution in [1.29, 1.82) is 0 Å². The van der Waals surface area contributed by atoms with Crippen LogP contribution < -0.4 is 10.9 Å². The van der Waals surface area contributed by atoms with Crippen molar-refractivity contribution in [3.63, 3.8) is 0 Å². The topological polar surface area (TPSA) is 101 Å². The molecule has 5 rings (SSSR count). The maximum Gasteiger partial charge on any atom is 0.269 e. The van der Waals surface area contributed by atoms with Gasteiger partial charge in [-0.05, 0) is 31.2 Å². The van der Waals surface area contributed by atoms with Crippen molar-refractivity contribution in [1.82, 2.24) is 29.5 Å². The zero-order valence-corrected chi connectivity index (χ0v) is 16.5. The number of hydrogen-bond acceptors (Lipinski definition) is 6. The molecule has 8 nitrogen and oxygen atoms in total. The van der Waals surface area contributed by atoms with Crippen LogP contribution in [0.15, 0.2) is 53.8 Å². The minimum Gasteiger partial charge on any atom is -0.358 e. The quantitative estimate of drug-likeness (QED) is 0.445. The van der Waals surface area contributed by atoms with Gasteiger partial charge >= 0.3 is 0 Å². The van der Waals surface area contributed by atoms with Gasteiger partial charge in [0.15, 0.2) is 11.5 Å². The molecule has 11 heteroatoms. The van der Waals surface area contributed by atoms with Gasteiger partial charge < -0.3 is 10.3 Å². The number of benzene rings is 2. The van der Waals surface area contributed by atoms with Crippen molar-refractivity contribution in [3.8, 4) is 5.69 Å². The summed E-state index contributed by atoms with van der Waals surface area (Å²) in [6.07, 6.45) is 2.74. The number of aromatic amines is 1. The molecule has 0 aliphatic rings. The number of nitrogens with zero attached hydrogens (tertiary/aromatic N) is 5. The first kappa shape index (κ1) is 19.7.